The number of rotatable bonds is 11. The van der Waals surface area contributed by atoms with Crippen LogP contribution in [0, 0.1) is 5.82 Å². The zero-order chi connectivity index (χ0) is 26.3. The van der Waals surface area contributed by atoms with Gasteiger partial charge in [0.25, 0.3) is 0 Å². The maximum atomic E-state index is 13.7. The highest BCUT2D eigenvalue weighted by Gasteiger charge is 2.32. The van der Waals surface area contributed by atoms with Gasteiger partial charge in [-0.05, 0) is 49.4 Å². The van der Waals surface area contributed by atoms with Crippen molar-refractivity contribution in [3.8, 4) is 0 Å². The first-order valence-corrected chi connectivity index (χ1v) is 14.4. The molecule has 2 amide bonds. The van der Waals surface area contributed by atoms with Gasteiger partial charge in [0.15, 0.2) is 0 Å². The molecule has 0 radical (unpaired) electrons. The summed E-state index contributed by atoms with van der Waals surface area (Å²) in [6, 6.07) is 12.4. The number of nitrogens with one attached hydrogen (secondary N) is 1. The number of carbonyl (C=O) groups is 2. The molecule has 0 bridgehead atoms. The van der Waals surface area contributed by atoms with E-state index in [0.717, 1.165) is 47.9 Å². The van der Waals surface area contributed by atoms with Gasteiger partial charge in [-0.15, -0.1) is 0 Å². The Morgan fingerprint density at radius 2 is 1.81 bits per heavy atom. The van der Waals surface area contributed by atoms with Gasteiger partial charge >= 0.3 is 0 Å². The van der Waals surface area contributed by atoms with Crippen molar-refractivity contribution in [3.05, 3.63) is 64.9 Å². The van der Waals surface area contributed by atoms with Crippen molar-refractivity contribution in [2.24, 2.45) is 0 Å². The monoisotopic (exact) mass is 537 g/mol. The molecule has 1 atom stereocenters. The van der Waals surface area contributed by atoms with Crippen LogP contribution in [0.1, 0.15) is 44.6 Å². The molecular formula is C26H33ClFN3O4S. The number of carbonyl (C=O) groups excluding carboxylic acids is 2. The van der Waals surface area contributed by atoms with Crippen molar-refractivity contribution in [2.45, 2.75) is 57.5 Å². The number of benzene rings is 2. The van der Waals surface area contributed by atoms with E-state index in [1.165, 1.54) is 17.0 Å². The third-order valence-electron chi connectivity index (χ3n) is 6.44. The molecule has 0 saturated heterocycles. The maximum Gasteiger partial charge on any atom is 0.244 e. The first-order chi connectivity index (χ1) is 17.1. The molecule has 0 aliphatic heterocycles. The van der Waals surface area contributed by atoms with Crippen molar-refractivity contribution >= 4 is 39.1 Å². The highest BCUT2D eigenvalue weighted by molar-refractivity contribution is 7.92. The molecule has 1 aliphatic rings. The van der Waals surface area contributed by atoms with E-state index in [0.29, 0.717) is 12.8 Å². The van der Waals surface area contributed by atoms with Gasteiger partial charge in [0.05, 0.1) is 17.0 Å². The standard InChI is InChI=1S/C26H33ClFN3O4S/c1-3-24(26(33)29-20-11-7-8-12-20)30(16-15-19-9-5-4-6-10-19)25(32)18-31(36(2,34)35)21-13-14-23(28)22(27)17-21/h4-6,9-10,13-14,17,20,24H,3,7-8,11-12,15-16,18H2,1-2H3,(H,29,33)/t24-/m0/s1. The summed E-state index contributed by atoms with van der Waals surface area (Å²) in [5, 5.41) is 2.82. The topological polar surface area (TPSA) is 86.8 Å². The molecule has 1 fully saturated rings. The Bertz CT molecular complexity index is 1160. The Hall–Kier alpha value is -2.65. The van der Waals surface area contributed by atoms with Crippen molar-refractivity contribution in [2.75, 3.05) is 23.7 Å². The average molecular weight is 538 g/mol. The fourth-order valence-electron chi connectivity index (χ4n) is 4.52. The molecule has 0 aromatic heterocycles. The molecule has 2 aromatic rings. The lowest BCUT2D eigenvalue weighted by atomic mass is 10.1. The molecule has 196 valence electrons. The lowest BCUT2D eigenvalue weighted by Gasteiger charge is -2.33. The fraction of sp³-hybridized carbons (Fsp3) is 0.462. The molecule has 0 heterocycles. The molecule has 0 spiro atoms. The van der Waals surface area contributed by atoms with E-state index in [2.05, 4.69) is 5.32 Å². The van der Waals surface area contributed by atoms with Crippen molar-refractivity contribution in [1.82, 2.24) is 10.2 Å². The number of sulfonamides is 1. The van der Waals surface area contributed by atoms with E-state index in [-0.39, 0.29) is 29.2 Å². The molecule has 3 rings (SSSR count). The molecule has 7 nitrogen and oxygen atoms in total. The van der Waals surface area contributed by atoms with Crippen LogP contribution in [0.4, 0.5) is 10.1 Å². The van der Waals surface area contributed by atoms with Crippen LogP contribution in [0.15, 0.2) is 48.5 Å². The van der Waals surface area contributed by atoms with Crippen molar-refractivity contribution in [1.29, 1.82) is 0 Å². The molecule has 1 aliphatic carbocycles. The third kappa shape index (κ3) is 7.43. The number of hydrogen-bond donors (Lipinski definition) is 1. The summed E-state index contributed by atoms with van der Waals surface area (Å²) in [6.45, 7) is 1.53. The summed E-state index contributed by atoms with van der Waals surface area (Å²) in [4.78, 5) is 28.3. The summed E-state index contributed by atoms with van der Waals surface area (Å²) in [5.74, 6) is -1.45. The Balaban J connectivity index is 1.87. The van der Waals surface area contributed by atoms with Gasteiger partial charge in [0.2, 0.25) is 21.8 Å². The predicted octanol–water partition coefficient (Wildman–Crippen LogP) is 4.15. The third-order valence-corrected chi connectivity index (χ3v) is 7.87. The minimum atomic E-state index is -3.91. The zero-order valence-corrected chi connectivity index (χ0v) is 22.2. The largest absolute Gasteiger partial charge is 0.352 e. The van der Waals surface area contributed by atoms with E-state index in [4.69, 9.17) is 11.6 Å². The minimum Gasteiger partial charge on any atom is -0.352 e. The highest BCUT2D eigenvalue weighted by atomic mass is 35.5. The van der Waals surface area contributed by atoms with Gasteiger partial charge in [-0.2, -0.15) is 0 Å². The van der Waals surface area contributed by atoms with E-state index in [1.807, 2.05) is 37.3 Å². The second kappa shape index (κ2) is 12.5. The first-order valence-electron chi connectivity index (χ1n) is 12.2. The molecule has 1 saturated carbocycles. The molecule has 10 heteroatoms. The van der Waals surface area contributed by atoms with Crippen LogP contribution in [0.5, 0.6) is 0 Å². The number of nitrogens with zero attached hydrogens (tertiary/aromatic N) is 2. The van der Waals surface area contributed by atoms with Crippen LogP contribution in [-0.4, -0.2) is 56.6 Å². The van der Waals surface area contributed by atoms with Gasteiger partial charge in [0.1, 0.15) is 18.4 Å². The average Bonchev–Trinajstić information content (AvgIpc) is 3.34. The van der Waals surface area contributed by atoms with Gasteiger partial charge in [-0.3, -0.25) is 13.9 Å². The second-order valence-electron chi connectivity index (χ2n) is 9.10. The normalized spacial score (nSPS) is 14.9. The number of anilines is 1. The van der Waals surface area contributed by atoms with Gasteiger partial charge < -0.3 is 10.2 Å². The van der Waals surface area contributed by atoms with Crippen LogP contribution in [-0.2, 0) is 26.0 Å². The maximum absolute atomic E-state index is 13.7. The van der Waals surface area contributed by atoms with Gasteiger partial charge in [0, 0.05) is 12.6 Å². The van der Waals surface area contributed by atoms with Crippen molar-refractivity contribution in [3.63, 3.8) is 0 Å². The van der Waals surface area contributed by atoms with Crippen LogP contribution in [0.25, 0.3) is 0 Å². The summed E-state index contributed by atoms with van der Waals surface area (Å²) in [7, 11) is -3.91. The van der Waals surface area contributed by atoms with Crippen molar-refractivity contribution < 1.29 is 22.4 Å². The van der Waals surface area contributed by atoms with Crippen LogP contribution in [0.2, 0.25) is 5.02 Å². The number of amides is 2. The summed E-state index contributed by atoms with van der Waals surface area (Å²) in [5.41, 5.74) is 1.07. The summed E-state index contributed by atoms with van der Waals surface area (Å²) < 4.78 is 39.8. The molecular weight excluding hydrogens is 505 g/mol. The SMILES string of the molecule is CC[C@@H](C(=O)NC1CCCC1)N(CCc1ccccc1)C(=O)CN(c1ccc(F)c(Cl)c1)S(C)(=O)=O. The highest BCUT2D eigenvalue weighted by Crippen LogP contribution is 2.25. The molecule has 1 N–H and O–H groups in total. The lowest BCUT2D eigenvalue weighted by Crippen LogP contribution is -2.54. The van der Waals surface area contributed by atoms with E-state index < -0.39 is 34.3 Å². The predicted molar refractivity (Wildman–Crippen MR) is 140 cm³/mol. The zero-order valence-electron chi connectivity index (χ0n) is 20.6. The molecule has 0 unspecified atom stereocenters. The molecule has 36 heavy (non-hydrogen) atoms. The second-order valence-corrected chi connectivity index (χ2v) is 11.4. The summed E-state index contributed by atoms with van der Waals surface area (Å²) >= 11 is 5.88. The Morgan fingerprint density at radius 1 is 1.14 bits per heavy atom. The van der Waals surface area contributed by atoms with E-state index >= 15 is 0 Å². The van der Waals surface area contributed by atoms with E-state index in [1.54, 1.807) is 0 Å². The van der Waals surface area contributed by atoms with Crippen LogP contribution >= 0.6 is 11.6 Å². The van der Waals surface area contributed by atoms with E-state index in [9.17, 15) is 22.4 Å². The van der Waals surface area contributed by atoms with Crippen LogP contribution in [0.3, 0.4) is 0 Å². The summed E-state index contributed by atoms with van der Waals surface area (Å²) in [6.07, 6.45) is 5.78. The fourth-order valence-corrected chi connectivity index (χ4v) is 5.53. The number of hydrogen-bond acceptors (Lipinski definition) is 4. The Labute approximate surface area is 217 Å². The Kier molecular flexibility index (Phi) is 9.73. The van der Waals surface area contributed by atoms with Crippen LogP contribution < -0.4 is 9.62 Å². The molecule has 2 aromatic carbocycles. The quantitative estimate of drug-likeness (QED) is 0.466. The van der Waals surface area contributed by atoms with Gasteiger partial charge in [-0.1, -0.05) is 61.7 Å². The lowest BCUT2D eigenvalue weighted by molar-refractivity contribution is -0.139. The van der Waals surface area contributed by atoms with Gasteiger partial charge in [-0.25, -0.2) is 12.8 Å². The smallest absolute Gasteiger partial charge is 0.244 e. The minimum absolute atomic E-state index is 0.0729. The number of halogens is 2. The first kappa shape index (κ1) is 27.9. The Morgan fingerprint density at radius 3 is 2.39 bits per heavy atom.